The number of morpholine rings is 1. The molecule has 0 aliphatic carbocycles. The zero-order valence-corrected chi connectivity index (χ0v) is 22.6. The van der Waals surface area contributed by atoms with Crippen LogP contribution < -0.4 is 20.8 Å². The SMILES string of the molecule is COc1ccc(Sc2cc(N[C@@H](CC(C)C)C(=O)NN3CCOCC3)nc(Nc3cccc(F)c3)n2)cc1. The monoisotopic (exact) mass is 540 g/mol. The first-order chi connectivity index (χ1) is 18.4. The molecule has 0 spiro atoms. The van der Waals surface area contributed by atoms with E-state index < -0.39 is 6.04 Å². The second-order valence-electron chi connectivity index (χ2n) is 9.23. The number of rotatable bonds is 11. The number of halogens is 1. The predicted molar refractivity (Wildman–Crippen MR) is 146 cm³/mol. The van der Waals surface area contributed by atoms with Gasteiger partial charge in [-0.05, 0) is 54.8 Å². The van der Waals surface area contributed by atoms with Gasteiger partial charge in [0.05, 0.1) is 20.3 Å². The van der Waals surface area contributed by atoms with Crippen LogP contribution in [0, 0.1) is 11.7 Å². The van der Waals surface area contributed by atoms with E-state index in [0.717, 1.165) is 10.6 Å². The standard InChI is InChI=1S/C27H33FN6O3S/c1-18(2)15-23(26(35)33-34-11-13-37-14-12-34)30-24-17-25(38-22-9-7-21(36-3)8-10-22)32-27(31-24)29-20-6-4-5-19(28)16-20/h4-10,16-18,23H,11-15H2,1-3H3,(H,33,35)(H2,29,30,31,32)/t23-/m0/s1. The van der Waals surface area contributed by atoms with E-state index in [1.807, 2.05) is 29.3 Å². The lowest BCUT2D eigenvalue weighted by molar-refractivity contribution is -0.129. The minimum absolute atomic E-state index is 0.136. The second kappa shape index (κ2) is 13.4. The molecular formula is C27H33FN6O3S. The second-order valence-corrected chi connectivity index (χ2v) is 10.3. The number of aromatic nitrogens is 2. The van der Waals surface area contributed by atoms with Crippen LogP contribution in [-0.4, -0.2) is 60.3 Å². The molecule has 3 aromatic rings. The lowest BCUT2D eigenvalue weighted by Gasteiger charge is -2.29. The fourth-order valence-corrected chi connectivity index (χ4v) is 4.67. The Bertz CT molecular complexity index is 1210. The molecule has 1 aromatic heterocycles. The first kappa shape index (κ1) is 27.6. The molecule has 2 aromatic carbocycles. The molecule has 11 heteroatoms. The number of anilines is 3. The number of carbonyl (C=O) groups excluding carboxylic acids is 1. The topological polar surface area (TPSA) is 101 Å². The molecule has 0 unspecified atom stereocenters. The summed E-state index contributed by atoms with van der Waals surface area (Å²) < 4.78 is 24.4. The van der Waals surface area contributed by atoms with Gasteiger partial charge in [0.2, 0.25) is 5.95 Å². The Labute approximate surface area is 226 Å². The van der Waals surface area contributed by atoms with Crippen molar-refractivity contribution in [2.75, 3.05) is 44.0 Å². The normalized spacial score (nSPS) is 14.7. The lowest BCUT2D eigenvalue weighted by atomic mass is 10.0. The third-order valence-electron chi connectivity index (χ3n) is 5.69. The van der Waals surface area contributed by atoms with Crippen molar-refractivity contribution in [2.45, 2.75) is 36.2 Å². The summed E-state index contributed by atoms with van der Waals surface area (Å²) in [5, 5.41) is 8.93. The Kier molecular flexibility index (Phi) is 9.74. The maximum atomic E-state index is 13.8. The van der Waals surface area contributed by atoms with Crippen molar-refractivity contribution >= 4 is 35.1 Å². The molecule has 1 saturated heterocycles. The first-order valence-corrected chi connectivity index (χ1v) is 13.3. The number of hydrogen-bond donors (Lipinski definition) is 3. The van der Waals surface area contributed by atoms with Gasteiger partial charge in [-0.15, -0.1) is 0 Å². The first-order valence-electron chi connectivity index (χ1n) is 12.5. The third kappa shape index (κ3) is 8.30. The van der Waals surface area contributed by atoms with E-state index in [9.17, 15) is 9.18 Å². The molecule has 1 aliphatic heterocycles. The van der Waals surface area contributed by atoms with Crippen molar-refractivity contribution < 1.29 is 18.7 Å². The van der Waals surface area contributed by atoms with Gasteiger partial charge in [0.15, 0.2) is 0 Å². The van der Waals surface area contributed by atoms with Crippen LogP contribution in [0.1, 0.15) is 20.3 Å². The van der Waals surface area contributed by atoms with Crippen LogP contribution in [0.3, 0.4) is 0 Å². The van der Waals surface area contributed by atoms with E-state index in [1.54, 1.807) is 25.3 Å². The average molecular weight is 541 g/mol. The van der Waals surface area contributed by atoms with Crippen LogP contribution in [-0.2, 0) is 9.53 Å². The number of methoxy groups -OCH3 is 1. The summed E-state index contributed by atoms with van der Waals surface area (Å²) in [5.41, 5.74) is 3.52. The van der Waals surface area contributed by atoms with Gasteiger partial charge in [-0.3, -0.25) is 10.2 Å². The number of hydrazine groups is 1. The summed E-state index contributed by atoms with van der Waals surface area (Å²) in [6.07, 6.45) is 0.605. The fourth-order valence-electron chi connectivity index (χ4n) is 3.86. The summed E-state index contributed by atoms with van der Waals surface area (Å²) in [6, 6.07) is 15.0. The number of ether oxygens (including phenoxy) is 2. The van der Waals surface area contributed by atoms with Gasteiger partial charge in [0.25, 0.3) is 5.91 Å². The highest BCUT2D eigenvalue weighted by atomic mass is 32.2. The van der Waals surface area contributed by atoms with Crippen LogP contribution in [0.5, 0.6) is 5.75 Å². The number of nitrogens with one attached hydrogen (secondary N) is 3. The highest BCUT2D eigenvalue weighted by Gasteiger charge is 2.24. The molecule has 38 heavy (non-hydrogen) atoms. The summed E-state index contributed by atoms with van der Waals surface area (Å²) in [6.45, 7) is 6.57. The summed E-state index contributed by atoms with van der Waals surface area (Å²) in [4.78, 5) is 23.4. The molecule has 1 aliphatic rings. The number of benzene rings is 2. The molecule has 1 atom stereocenters. The van der Waals surface area contributed by atoms with Gasteiger partial charge in [-0.25, -0.2) is 14.4 Å². The van der Waals surface area contributed by atoms with Gasteiger partial charge in [-0.1, -0.05) is 31.7 Å². The van der Waals surface area contributed by atoms with E-state index >= 15 is 0 Å². The van der Waals surface area contributed by atoms with Crippen LogP contribution in [0.15, 0.2) is 64.5 Å². The lowest BCUT2D eigenvalue weighted by Crippen LogP contribution is -2.53. The number of hydrogen-bond acceptors (Lipinski definition) is 9. The van der Waals surface area contributed by atoms with Crippen molar-refractivity contribution in [1.82, 2.24) is 20.4 Å². The maximum Gasteiger partial charge on any atom is 0.256 e. The molecular weight excluding hydrogens is 507 g/mol. The molecule has 2 heterocycles. The molecule has 4 rings (SSSR count). The van der Waals surface area contributed by atoms with E-state index in [-0.39, 0.29) is 23.6 Å². The van der Waals surface area contributed by atoms with Crippen molar-refractivity contribution in [3.8, 4) is 5.75 Å². The molecule has 0 radical (unpaired) electrons. The van der Waals surface area contributed by atoms with Crippen LogP contribution in [0.2, 0.25) is 0 Å². The Morgan fingerprint density at radius 1 is 1.13 bits per heavy atom. The zero-order chi connectivity index (χ0) is 26.9. The Morgan fingerprint density at radius 3 is 2.58 bits per heavy atom. The quantitative estimate of drug-likeness (QED) is 0.299. The van der Waals surface area contributed by atoms with Gasteiger partial charge in [0.1, 0.15) is 28.5 Å². The van der Waals surface area contributed by atoms with Crippen LogP contribution in [0.4, 0.5) is 21.8 Å². The van der Waals surface area contributed by atoms with Crippen molar-refractivity contribution in [3.05, 3.63) is 60.4 Å². The van der Waals surface area contributed by atoms with E-state index in [2.05, 4.69) is 39.9 Å². The number of amides is 1. The van der Waals surface area contributed by atoms with Crippen molar-refractivity contribution in [2.24, 2.45) is 5.92 Å². The Hall–Kier alpha value is -3.41. The number of carbonyl (C=O) groups is 1. The molecule has 1 fully saturated rings. The maximum absolute atomic E-state index is 13.8. The summed E-state index contributed by atoms with van der Waals surface area (Å²) in [5.74, 6) is 1.29. The minimum atomic E-state index is -0.520. The highest BCUT2D eigenvalue weighted by molar-refractivity contribution is 7.99. The third-order valence-corrected chi connectivity index (χ3v) is 6.62. The molecule has 0 saturated carbocycles. The van der Waals surface area contributed by atoms with E-state index in [4.69, 9.17) is 9.47 Å². The molecule has 1 amide bonds. The number of nitrogens with zero attached hydrogens (tertiary/aromatic N) is 3. The van der Waals surface area contributed by atoms with Gasteiger partial charge >= 0.3 is 0 Å². The van der Waals surface area contributed by atoms with Gasteiger partial charge in [-0.2, -0.15) is 4.98 Å². The zero-order valence-electron chi connectivity index (χ0n) is 21.7. The van der Waals surface area contributed by atoms with Gasteiger partial charge in [0, 0.05) is 29.7 Å². The molecule has 3 N–H and O–H groups in total. The van der Waals surface area contributed by atoms with E-state index in [1.165, 1.54) is 23.9 Å². The summed E-state index contributed by atoms with van der Waals surface area (Å²) >= 11 is 1.44. The predicted octanol–water partition coefficient (Wildman–Crippen LogP) is 4.71. The van der Waals surface area contributed by atoms with Crippen LogP contribution in [0.25, 0.3) is 0 Å². The average Bonchev–Trinajstić information content (AvgIpc) is 2.89. The van der Waals surface area contributed by atoms with Crippen molar-refractivity contribution in [3.63, 3.8) is 0 Å². The molecule has 0 bridgehead atoms. The fraction of sp³-hybridized carbons (Fsp3) is 0.370. The largest absolute Gasteiger partial charge is 0.497 e. The van der Waals surface area contributed by atoms with Crippen molar-refractivity contribution in [1.29, 1.82) is 0 Å². The molecule has 202 valence electrons. The molecule has 9 nitrogen and oxygen atoms in total. The smallest absolute Gasteiger partial charge is 0.256 e. The van der Waals surface area contributed by atoms with E-state index in [0.29, 0.717) is 49.3 Å². The highest BCUT2D eigenvalue weighted by Crippen LogP contribution is 2.30. The minimum Gasteiger partial charge on any atom is -0.497 e. The summed E-state index contributed by atoms with van der Waals surface area (Å²) in [7, 11) is 1.62. The van der Waals surface area contributed by atoms with Crippen LogP contribution >= 0.6 is 11.8 Å². The Balaban J connectivity index is 1.59. The Morgan fingerprint density at radius 2 is 1.89 bits per heavy atom. The van der Waals surface area contributed by atoms with Gasteiger partial charge < -0.3 is 20.1 Å².